The molecular formula is C16H11ClF3N. The summed E-state index contributed by atoms with van der Waals surface area (Å²) in [7, 11) is 0. The lowest BCUT2D eigenvalue weighted by molar-refractivity contribution is -0.137. The molecule has 0 spiro atoms. The Morgan fingerprint density at radius 3 is 2.33 bits per heavy atom. The third kappa shape index (κ3) is 2.76. The molecule has 0 unspecified atom stereocenters. The molecule has 0 aliphatic rings. The predicted molar refractivity (Wildman–Crippen MR) is 77.5 cm³/mol. The van der Waals surface area contributed by atoms with Crippen LogP contribution in [0.5, 0.6) is 0 Å². The Labute approximate surface area is 124 Å². The number of rotatable bonds is 2. The van der Waals surface area contributed by atoms with Crippen molar-refractivity contribution in [2.75, 3.05) is 0 Å². The van der Waals surface area contributed by atoms with Crippen LogP contribution in [0.4, 0.5) is 13.2 Å². The Hall–Kier alpha value is -1.94. The minimum absolute atomic E-state index is 0.502. The van der Waals surface area contributed by atoms with Crippen molar-refractivity contribution in [2.45, 2.75) is 12.7 Å². The Bertz CT molecular complexity index is 772. The van der Waals surface area contributed by atoms with E-state index in [2.05, 4.69) is 0 Å². The maximum absolute atomic E-state index is 12.5. The molecule has 0 aliphatic carbocycles. The van der Waals surface area contributed by atoms with Gasteiger partial charge in [-0.15, -0.1) is 0 Å². The molecule has 5 heteroatoms. The van der Waals surface area contributed by atoms with E-state index in [9.17, 15) is 13.2 Å². The average Bonchev–Trinajstić information content (AvgIpc) is 2.83. The minimum atomic E-state index is -4.30. The summed E-state index contributed by atoms with van der Waals surface area (Å²) >= 11 is 6.11. The van der Waals surface area contributed by atoms with E-state index >= 15 is 0 Å². The van der Waals surface area contributed by atoms with Gasteiger partial charge in [-0.2, -0.15) is 13.2 Å². The van der Waals surface area contributed by atoms with E-state index in [4.69, 9.17) is 11.6 Å². The number of fused-ring (bicyclic) bond motifs is 1. The highest BCUT2D eigenvalue weighted by molar-refractivity contribution is 6.35. The van der Waals surface area contributed by atoms with E-state index in [1.165, 1.54) is 12.1 Å². The van der Waals surface area contributed by atoms with Crippen molar-refractivity contribution in [3.63, 3.8) is 0 Å². The predicted octanol–water partition coefficient (Wildman–Crippen LogP) is 5.36. The van der Waals surface area contributed by atoms with Crippen LogP contribution in [0.1, 0.15) is 11.1 Å². The molecule has 3 rings (SSSR count). The zero-order valence-electron chi connectivity index (χ0n) is 10.9. The first-order chi connectivity index (χ1) is 9.95. The monoisotopic (exact) mass is 309 g/mol. The van der Waals surface area contributed by atoms with Crippen molar-refractivity contribution < 1.29 is 13.2 Å². The van der Waals surface area contributed by atoms with Gasteiger partial charge in [-0.05, 0) is 35.9 Å². The first-order valence-corrected chi connectivity index (χ1v) is 6.72. The zero-order valence-corrected chi connectivity index (χ0v) is 11.6. The molecule has 0 aliphatic heterocycles. The molecule has 0 amide bonds. The summed E-state index contributed by atoms with van der Waals surface area (Å²) in [5, 5.41) is 1.60. The lowest BCUT2D eigenvalue weighted by Crippen LogP contribution is -2.05. The summed E-state index contributed by atoms with van der Waals surface area (Å²) in [6, 6.07) is 12.7. The summed E-state index contributed by atoms with van der Waals surface area (Å²) in [5.74, 6) is 0. The fourth-order valence-corrected chi connectivity index (χ4v) is 2.55. The molecule has 21 heavy (non-hydrogen) atoms. The van der Waals surface area contributed by atoms with Gasteiger partial charge >= 0.3 is 6.18 Å². The number of alkyl halides is 3. The largest absolute Gasteiger partial charge is 0.416 e. The summed E-state index contributed by atoms with van der Waals surface area (Å²) in [4.78, 5) is 0. The van der Waals surface area contributed by atoms with E-state index in [-0.39, 0.29) is 0 Å². The average molecular weight is 310 g/mol. The molecule has 1 heterocycles. The van der Waals surface area contributed by atoms with E-state index in [0.29, 0.717) is 11.6 Å². The fourth-order valence-electron chi connectivity index (χ4n) is 2.32. The lowest BCUT2D eigenvalue weighted by Gasteiger charge is -2.09. The van der Waals surface area contributed by atoms with E-state index in [1.54, 1.807) is 0 Å². The van der Waals surface area contributed by atoms with Crippen LogP contribution in [0.25, 0.3) is 10.9 Å². The first-order valence-electron chi connectivity index (χ1n) is 6.34. The van der Waals surface area contributed by atoms with Gasteiger partial charge in [-0.25, -0.2) is 0 Å². The van der Waals surface area contributed by atoms with Crippen molar-refractivity contribution in [2.24, 2.45) is 0 Å². The van der Waals surface area contributed by atoms with Gasteiger partial charge in [0, 0.05) is 28.7 Å². The van der Waals surface area contributed by atoms with Gasteiger partial charge < -0.3 is 4.57 Å². The second kappa shape index (κ2) is 5.11. The Kier molecular flexibility index (Phi) is 3.41. The van der Waals surface area contributed by atoms with Crippen LogP contribution < -0.4 is 0 Å². The molecule has 0 radical (unpaired) electrons. The van der Waals surface area contributed by atoms with Crippen LogP contribution in [0.15, 0.2) is 54.7 Å². The van der Waals surface area contributed by atoms with Gasteiger partial charge in [0.15, 0.2) is 0 Å². The number of benzene rings is 2. The summed E-state index contributed by atoms with van der Waals surface area (Å²) in [6.07, 6.45) is -2.42. The molecule has 0 bridgehead atoms. The van der Waals surface area contributed by atoms with Crippen LogP contribution in [0.2, 0.25) is 5.02 Å². The molecule has 0 saturated carbocycles. The Morgan fingerprint density at radius 1 is 0.952 bits per heavy atom. The topological polar surface area (TPSA) is 4.93 Å². The molecule has 2 aromatic carbocycles. The number of aromatic nitrogens is 1. The highest BCUT2D eigenvalue weighted by Crippen LogP contribution is 2.29. The molecule has 1 nitrogen and oxygen atoms in total. The first kappa shape index (κ1) is 14.0. The molecule has 108 valence electrons. The van der Waals surface area contributed by atoms with E-state index in [1.807, 2.05) is 35.0 Å². The summed E-state index contributed by atoms with van der Waals surface area (Å²) in [5.41, 5.74) is 1.13. The van der Waals surface area contributed by atoms with Gasteiger partial charge in [0.2, 0.25) is 0 Å². The second-order valence-corrected chi connectivity index (χ2v) is 5.22. The smallest absolute Gasteiger partial charge is 0.343 e. The van der Waals surface area contributed by atoms with Crippen LogP contribution in [0.3, 0.4) is 0 Å². The molecule has 0 saturated heterocycles. The molecule has 0 fully saturated rings. The minimum Gasteiger partial charge on any atom is -0.343 e. The standard InChI is InChI=1S/C16H11ClF3N/c17-14-2-1-3-15-13(14)8-9-21(15)10-11-4-6-12(7-5-11)16(18,19)20/h1-9H,10H2. The van der Waals surface area contributed by atoms with Crippen LogP contribution in [-0.4, -0.2) is 4.57 Å². The van der Waals surface area contributed by atoms with E-state index < -0.39 is 11.7 Å². The number of halogens is 4. The normalized spacial score (nSPS) is 12.0. The molecule has 0 atom stereocenters. The number of hydrogen-bond donors (Lipinski definition) is 0. The van der Waals surface area contributed by atoms with Gasteiger partial charge in [0.25, 0.3) is 0 Å². The van der Waals surface area contributed by atoms with Crippen LogP contribution in [0, 0.1) is 0 Å². The maximum Gasteiger partial charge on any atom is 0.416 e. The molecule has 0 N–H and O–H groups in total. The third-order valence-electron chi connectivity index (χ3n) is 3.39. The van der Waals surface area contributed by atoms with Crippen LogP contribution >= 0.6 is 11.6 Å². The number of hydrogen-bond acceptors (Lipinski definition) is 0. The van der Waals surface area contributed by atoms with Crippen molar-refractivity contribution in [3.05, 3.63) is 70.9 Å². The Balaban J connectivity index is 1.90. The fraction of sp³-hybridized carbons (Fsp3) is 0.125. The second-order valence-electron chi connectivity index (χ2n) is 4.81. The maximum atomic E-state index is 12.5. The van der Waals surface area contributed by atoms with Crippen LogP contribution in [-0.2, 0) is 12.7 Å². The van der Waals surface area contributed by atoms with Gasteiger partial charge in [0.05, 0.1) is 5.56 Å². The lowest BCUT2D eigenvalue weighted by atomic mass is 10.1. The quantitative estimate of drug-likeness (QED) is 0.600. The third-order valence-corrected chi connectivity index (χ3v) is 3.72. The van der Waals surface area contributed by atoms with Gasteiger partial charge in [-0.1, -0.05) is 29.8 Å². The Morgan fingerprint density at radius 2 is 1.67 bits per heavy atom. The molecular weight excluding hydrogens is 299 g/mol. The summed E-state index contributed by atoms with van der Waals surface area (Å²) in [6.45, 7) is 0.502. The number of nitrogens with zero attached hydrogens (tertiary/aromatic N) is 1. The van der Waals surface area contributed by atoms with Crippen molar-refractivity contribution in [3.8, 4) is 0 Å². The SMILES string of the molecule is FC(F)(F)c1ccc(Cn2ccc3c(Cl)cccc32)cc1. The summed E-state index contributed by atoms with van der Waals surface area (Å²) < 4.78 is 39.6. The molecule has 3 aromatic rings. The van der Waals surface area contributed by atoms with Gasteiger partial charge in [0.1, 0.15) is 0 Å². The van der Waals surface area contributed by atoms with Crippen molar-refractivity contribution in [1.29, 1.82) is 0 Å². The van der Waals surface area contributed by atoms with Crippen molar-refractivity contribution >= 4 is 22.5 Å². The van der Waals surface area contributed by atoms with Gasteiger partial charge in [-0.3, -0.25) is 0 Å². The highest BCUT2D eigenvalue weighted by atomic mass is 35.5. The van der Waals surface area contributed by atoms with Crippen molar-refractivity contribution in [1.82, 2.24) is 4.57 Å². The zero-order chi connectivity index (χ0) is 15.0. The molecule has 1 aromatic heterocycles. The highest BCUT2D eigenvalue weighted by Gasteiger charge is 2.29. The van der Waals surface area contributed by atoms with E-state index in [0.717, 1.165) is 28.6 Å².